The first-order valence-electron chi connectivity index (χ1n) is 8.33. The zero-order chi connectivity index (χ0) is 17.6. The lowest BCUT2D eigenvalue weighted by Gasteiger charge is -2.13. The van der Waals surface area contributed by atoms with Crippen molar-refractivity contribution in [2.24, 2.45) is 4.99 Å². The molecule has 0 aliphatic heterocycles. The van der Waals surface area contributed by atoms with Crippen molar-refractivity contribution in [2.45, 2.75) is 19.8 Å². The molecule has 0 aromatic carbocycles. The standard InChI is InChI=1S/C17H29N5O2/c1-4-24-13-7-11-19-17(21-14-16(23)22(2)3)20-12-9-15-8-5-6-10-18-15/h5-6,8,10H,4,7,9,11-14H2,1-3H3,(H2,19,20,21). The number of hydrogen-bond donors (Lipinski definition) is 2. The van der Waals surface area contributed by atoms with Crippen molar-refractivity contribution in [3.8, 4) is 0 Å². The van der Waals surface area contributed by atoms with Gasteiger partial charge in [-0.1, -0.05) is 6.07 Å². The summed E-state index contributed by atoms with van der Waals surface area (Å²) in [4.78, 5) is 21.9. The quantitative estimate of drug-likeness (QED) is 0.373. The summed E-state index contributed by atoms with van der Waals surface area (Å²) in [7, 11) is 3.45. The third-order valence-electron chi connectivity index (χ3n) is 3.23. The van der Waals surface area contributed by atoms with Crippen LogP contribution in [0.4, 0.5) is 0 Å². The first kappa shape index (κ1) is 19.9. The molecule has 2 N–H and O–H groups in total. The lowest BCUT2D eigenvalue weighted by atomic mass is 10.3. The Morgan fingerprint density at radius 3 is 2.75 bits per heavy atom. The van der Waals surface area contributed by atoms with Crippen molar-refractivity contribution in [2.75, 3.05) is 46.9 Å². The third kappa shape index (κ3) is 9.09. The number of amides is 1. The van der Waals surface area contributed by atoms with E-state index < -0.39 is 0 Å². The number of pyridine rings is 1. The van der Waals surface area contributed by atoms with E-state index >= 15 is 0 Å². The van der Waals surface area contributed by atoms with Crippen LogP contribution >= 0.6 is 0 Å². The van der Waals surface area contributed by atoms with E-state index in [0.717, 1.165) is 31.7 Å². The molecule has 0 fully saturated rings. The molecule has 1 rings (SSSR count). The zero-order valence-corrected chi connectivity index (χ0v) is 14.9. The van der Waals surface area contributed by atoms with Crippen molar-refractivity contribution >= 4 is 11.9 Å². The highest BCUT2D eigenvalue weighted by Crippen LogP contribution is 1.93. The summed E-state index contributed by atoms with van der Waals surface area (Å²) in [6.07, 6.45) is 3.46. The fourth-order valence-electron chi connectivity index (χ4n) is 1.84. The molecule has 0 atom stereocenters. The molecule has 0 aliphatic carbocycles. The SMILES string of the molecule is CCOCCCNC(=NCC(=O)N(C)C)NCCc1ccccn1. The molecule has 1 amide bonds. The molecule has 0 radical (unpaired) electrons. The van der Waals surface area contributed by atoms with Crippen LogP contribution in [0.3, 0.4) is 0 Å². The highest BCUT2D eigenvalue weighted by molar-refractivity contribution is 5.84. The number of guanidine groups is 1. The van der Waals surface area contributed by atoms with Crippen molar-refractivity contribution in [1.82, 2.24) is 20.5 Å². The van der Waals surface area contributed by atoms with Gasteiger partial charge in [0, 0.05) is 58.7 Å². The molecule has 24 heavy (non-hydrogen) atoms. The minimum atomic E-state index is -0.0323. The van der Waals surface area contributed by atoms with Crippen LogP contribution in [-0.4, -0.2) is 68.7 Å². The molecule has 7 nitrogen and oxygen atoms in total. The zero-order valence-electron chi connectivity index (χ0n) is 14.9. The van der Waals surface area contributed by atoms with Gasteiger partial charge >= 0.3 is 0 Å². The van der Waals surface area contributed by atoms with Crippen LogP contribution in [-0.2, 0) is 16.0 Å². The summed E-state index contributed by atoms with van der Waals surface area (Å²) in [5, 5.41) is 6.47. The minimum Gasteiger partial charge on any atom is -0.382 e. The van der Waals surface area contributed by atoms with E-state index in [1.54, 1.807) is 20.3 Å². The lowest BCUT2D eigenvalue weighted by molar-refractivity contribution is -0.127. The van der Waals surface area contributed by atoms with Crippen molar-refractivity contribution in [1.29, 1.82) is 0 Å². The van der Waals surface area contributed by atoms with E-state index in [2.05, 4.69) is 20.6 Å². The number of carbonyl (C=O) groups is 1. The molecular weight excluding hydrogens is 306 g/mol. The fraction of sp³-hybridized carbons (Fsp3) is 0.588. The van der Waals surface area contributed by atoms with Crippen LogP contribution in [0, 0.1) is 0 Å². The summed E-state index contributed by atoms with van der Waals surface area (Å²) >= 11 is 0. The highest BCUT2D eigenvalue weighted by atomic mass is 16.5. The summed E-state index contributed by atoms with van der Waals surface area (Å²) in [6, 6.07) is 5.86. The lowest BCUT2D eigenvalue weighted by Crippen LogP contribution is -2.40. The summed E-state index contributed by atoms with van der Waals surface area (Å²) < 4.78 is 5.31. The van der Waals surface area contributed by atoms with Crippen LogP contribution in [0.5, 0.6) is 0 Å². The number of likely N-dealkylation sites (N-methyl/N-ethyl adjacent to an activating group) is 1. The first-order valence-corrected chi connectivity index (χ1v) is 8.33. The third-order valence-corrected chi connectivity index (χ3v) is 3.23. The number of carbonyl (C=O) groups excluding carboxylic acids is 1. The number of hydrogen-bond acceptors (Lipinski definition) is 4. The maximum atomic E-state index is 11.7. The number of aromatic nitrogens is 1. The summed E-state index contributed by atoms with van der Waals surface area (Å²) in [5.74, 6) is 0.604. The van der Waals surface area contributed by atoms with Gasteiger partial charge in [0.15, 0.2) is 5.96 Å². The maximum Gasteiger partial charge on any atom is 0.243 e. The Kier molecular flexibility index (Phi) is 10.2. The Balaban J connectivity index is 2.43. The second kappa shape index (κ2) is 12.3. The van der Waals surface area contributed by atoms with E-state index in [4.69, 9.17) is 4.74 Å². The molecule has 0 unspecified atom stereocenters. The average molecular weight is 335 g/mol. The molecular formula is C17H29N5O2. The van der Waals surface area contributed by atoms with E-state index in [-0.39, 0.29) is 12.5 Å². The predicted octanol–water partition coefficient (Wildman–Crippen LogP) is 0.674. The second-order valence-electron chi connectivity index (χ2n) is 5.43. The van der Waals surface area contributed by atoms with Gasteiger partial charge in [-0.2, -0.15) is 0 Å². The van der Waals surface area contributed by atoms with Gasteiger partial charge < -0.3 is 20.3 Å². The van der Waals surface area contributed by atoms with E-state index in [0.29, 0.717) is 19.1 Å². The Morgan fingerprint density at radius 2 is 2.08 bits per heavy atom. The molecule has 0 aliphatic rings. The molecule has 0 bridgehead atoms. The molecule has 0 saturated heterocycles. The van der Waals surface area contributed by atoms with Crippen molar-refractivity contribution < 1.29 is 9.53 Å². The maximum absolute atomic E-state index is 11.7. The summed E-state index contributed by atoms with van der Waals surface area (Å²) in [6.45, 7) is 4.97. The van der Waals surface area contributed by atoms with Gasteiger partial charge in [-0.15, -0.1) is 0 Å². The van der Waals surface area contributed by atoms with E-state index in [1.807, 2.05) is 25.1 Å². The monoisotopic (exact) mass is 335 g/mol. The second-order valence-corrected chi connectivity index (χ2v) is 5.43. The number of ether oxygens (including phenoxy) is 1. The van der Waals surface area contributed by atoms with Gasteiger partial charge in [-0.25, -0.2) is 4.99 Å². The Labute approximate surface area is 144 Å². The largest absolute Gasteiger partial charge is 0.382 e. The van der Waals surface area contributed by atoms with Crippen molar-refractivity contribution in [3.63, 3.8) is 0 Å². The van der Waals surface area contributed by atoms with Crippen molar-refractivity contribution in [3.05, 3.63) is 30.1 Å². The number of aliphatic imine (C=N–C) groups is 1. The Hall–Kier alpha value is -2.15. The minimum absolute atomic E-state index is 0.0323. The Morgan fingerprint density at radius 1 is 1.29 bits per heavy atom. The summed E-state index contributed by atoms with van der Waals surface area (Å²) in [5.41, 5.74) is 1.02. The number of rotatable bonds is 10. The van der Waals surface area contributed by atoms with E-state index in [9.17, 15) is 4.79 Å². The number of nitrogens with one attached hydrogen (secondary N) is 2. The molecule has 0 saturated carbocycles. The van der Waals surface area contributed by atoms with Gasteiger partial charge in [0.05, 0.1) is 0 Å². The molecule has 1 aromatic rings. The average Bonchev–Trinajstić information content (AvgIpc) is 2.59. The van der Waals surface area contributed by atoms with Gasteiger partial charge in [0.1, 0.15) is 6.54 Å². The molecule has 0 spiro atoms. The fourth-order valence-corrected chi connectivity index (χ4v) is 1.84. The Bertz CT molecular complexity index is 491. The predicted molar refractivity (Wildman–Crippen MR) is 96.1 cm³/mol. The van der Waals surface area contributed by atoms with Gasteiger partial charge in [0.2, 0.25) is 5.91 Å². The van der Waals surface area contributed by atoms with Crippen LogP contribution < -0.4 is 10.6 Å². The van der Waals surface area contributed by atoms with Crippen LogP contribution in [0.15, 0.2) is 29.4 Å². The molecule has 1 aromatic heterocycles. The molecule has 7 heteroatoms. The molecule has 1 heterocycles. The smallest absolute Gasteiger partial charge is 0.243 e. The molecule has 134 valence electrons. The van der Waals surface area contributed by atoms with Crippen LogP contribution in [0.25, 0.3) is 0 Å². The van der Waals surface area contributed by atoms with Crippen LogP contribution in [0.2, 0.25) is 0 Å². The van der Waals surface area contributed by atoms with Gasteiger partial charge in [-0.3, -0.25) is 9.78 Å². The van der Waals surface area contributed by atoms with E-state index in [1.165, 1.54) is 4.90 Å². The van der Waals surface area contributed by atoms with Gasteiger partial charge in [0.25, 0.3) is 0 Å². The first-order chi connectivity index (χ1) is 11.6. The number of nitrogens with zero attached hydrogens (tertiary/aromatic N) is 3. The topological polar surface area (TPSA) is 78.8 Å². The van der Waals surface area contributed by atoms with Gasteiger partial charge in [-0.05, 0) is 25.5 Å². The normalized spacial score (nSPS) is 11.2. The highest BCUT2D eigenvalue weighted by Gasteiger charge is 2.04. The van der Waals surface area contributed by atoms with Crippen LogP contribution in [0.1, 0.15) is 19.0 Å².